The van der Waals surface area contributed by atoms with E-state index in [2.05, 4.69) is 20.1 Å². The normalized spacial score (nSPS) is 29.2. The molecule has 0 aromatic carbocycles. The van der Waals surface area contributed by atoms with Gasteiger partial charge < -0.3 is 10.1 Å². The van der Waals surface area contributed by atoms with Crippen LogP contribution in [-0.2, 0) is 14.8 Å². The largest absolute Gasteiger partial charge is 0.376 e. The van der Waals surface area contributed by atoms with Crippen molar-refractivity contribution in [2.24, 2.45) is 5.92 Å². The number of fused-ring (bicyclic) bond motifs is 2. The Hall–Kier alpha value is -2.04. The average Bonchev–Trinajstić information content (AvgIpc) is 3.14. The fourth-order valence-electron chi connectivity index (χ4n) is 3.50. The fourth-order valence-corrected chi connectivity index (χ4v) is 4.28. The summed E-state index contributed by atoms with van der Waals surface area (Å²) in [5.41, 5.74) is 0.884. The highest BCUT2D eigenvalue weighted by molar-refractivity contribution is 7.88. The lowest BCUT2D eigenvalue weighted by atomic mass is 9.72. The van der Waals surface area contributed by atoms with Gasteiger partial charge in [0.15, 0.2) is 5.65 Å². The Labute approximate surface area is 138 Å². The van der Waals surface area contributed by atoms with E-state index in [1.54, 1.807) is 18.3 Å². The Morgan fingerprint density at radius 3 is 3.04 bits per heavy atom. The predicted molar refractivity (Wildman–Crippen MR) is 83.9 cm³/mol. The molecule has 1 saturated carbocycles. The molecule has 2 aromatic heterocycles. The maximum Gasteiger partial charge on any atom is 0.271 e. The third-order valence-electron chi connectivity index (χ3n) is 4.54. The summed E-state index contributed by atoms with van der Waals surface area (Å²) < 4.78 is 32.7. The van der Waals surface area contributed by atoms with Crippen LogP contribution in [0.25, 0.3) is 5.65 Å². The number of carbonyl (C=O) groups is 1. The molecule has 0 bridgehead atoms. The molecule has 2 N–H and O–H groups in total. The zero-order chi connectivity index (χ0) is 16.9. The Kier molecular flexibility index (Phi) is 3.55. The van der Waals surface area contributed by atoms with Gasteiger partial charge in [-0.25, -0.2) is 22.6 Å². The van der Waals surface area contributed by atoms with Gasteiger partial charge in [0.25, 0.3) is 5.91 Å². The molecule has 3 heterocycles. The van der Waals surface area contributed by atoms with Crippen LogP contribution in [0.5, 0.6) is 0 Å². The van der Waals surface area contributed by atoms with Crippen molar-refractivity contribution in [3.8, 4) is 0 Å². The van der Waals surface area contributed by atoms with E-state index in [0.717, 1.165) is 12.7 Å². The van der Waals surface area contributed by atoms with Gasteiger partial charge in [0, 0.05) is 18.7 Å². The molecule has 1 amide bonds. The summed E-state index contributed by atoms with van der Waals surface area (Å²) in [5.74, 6) is -0.225. The molecule has 2 aromatic rings. The van der Waals surface area contributed by atoms with Crippen LogP contribution in [0.15, 0.2) is 24.5 Å². The number of rotatable bonds is 4. The molecular formula is C14H17N5O4S. The molecule has 128 valence electrons. The van der Waals surface area contributed by atoms with E-state index in [9.17, 15) is 13.2 Å². The summed E-state index contributed by atoms with van der Waals surface area (Å²) in [7, 11) is -3.39. The van der Waals surface area contributed by atoms with E-state index in [4.69, 9.17) is 4.74 Å². The van der Waals surface area contributed by atoms with Crippen LogP contribution in [0.1, 0.15) is 16.9 Å². The second-order valence-electron chi connectivity index (χ2n) is 6.14. The molecule has 2 aliphatic rings. The highest BCUT2D eigenvalue weighted by atomic mass is 32.2. The van der Waals surface area contributed by atoms with E-state index in [1.807, 2.05) is 0 Å². The number of carbonyl (C=O) groups excluding carboxylic acids is 1. The standard InChI is InChI=1S/C14H17N5O4S/c1-24(21,22)18-12-11(8-4-6-23-13(8)12)17-14(20)9-7-15-10-3-2-5-16-19(9)10/h2-3,5,7-8,11-13,18H,4,6H2,1H3,(H,17,20)/t8-,11+,12-,13-/m1/s1. The summed E-state index contributed by atoms with van der Waals surface area (Å²) in [6.07, 6.45) is 4.73. The lowest BCUT2D eigenvalue weighted by Gasteiger charge is -2.47. The Morgan fingerprint density at radius 1 is 1.42 bits per heavy atom. The third kappa shape index (κ3) is 2.56. The number of ether oxygens (including phenoxy) is 1. The van der Waals surface area contributed by atoms with Crippen LogP contribution >= 0.6 is 0 Å². The zero-order valence-electron chi connectivity index (χ0n) is 12.9. The van der Waals surface area contributed by atoms with Gasteiger partial charge in [-0.05, 0) is 18.6 Å². The molecule has 2 fully saturated rings. The van der Waals surface area contributed by atoms with Crippen LogP contribution in [0.4, 0.5) is 0 Å². The number of sulfonamides is 1. The van der Waals surface area contributed by atoms with Crippen LogP contribution in [-0.4, -0.2) is 60.0 Å². The number of hydrogen-bond donors (Lipinski definition) is 2. The minimum atomic E-state index is -3.39. The average molecular weight is 351 g/mol. The molecular weight excluding hydrogens is 334 g/mol. The SMILES string of the molecule is CS(=O)(=O)N[C@@H]1[C@@H](NC(=O)c2cnc3cccnn23)[C@H]2CCO[C@H]21. The molecule has 0 radical (unpaired) electrons. The first-order valence-electron chi connectivity index (χ1n) is 7.62. The molecule has 10 heteroatoms. The molecule has 24 heavy (non-hydrogen) atoms. The second-order valence-corrected chi connectivity index (χ2v) is 7.92. The van der Waals surface area contributed by atoms with Crippen LogP contribution < -0.4 is 10.0 Å². The van der Waals surface area contributed by atoms with Gasteiger partial charge in [-0.2, -0.15) is 5.10 Å². The van der Waals surface area contributed by atoms with Crippen molar-refractivity contribution in [1.29, 1.82) is 0 Å². The molecule has 1 aliphatic carbocycles. The van der Waals surface area contributed by atoms with Crippen molar-refractivity contribution in [3.05, 3.63) is 30.2 Å². The number of hydrogen-bond acceptors (Lipinski definition) is 6. The molecule has 4 rings (SSSR count). The number of nitrogens with zero attached hydrogens (tertiary/aromatic N) is 3. The summed E-state index contributed by atoms with van der Waals surface area (Å²) in [5, 5.41) is 7.02. The molecule has 4 atom stereocenters. The van der Waals surface area contributed by atoms with Gasteiger partial charge in [-0.1, -0.05) is 0 Å². The Balaban J connectivity index is 1.56. The lowest BCUT2D eigenvalue weighted by molar-refractivity contribution is -0.0194. The molecule has 0 unspecified atom stereocenters. The summed E-state index contributed by atoms with van der Waals surface area (Å²) in [6.45, 7) is 0.570. The summed E-state index contributed by atoms with van der Waals surface area (Å²) >= 11 is 0. The smallest absolute Gasteiger partial charge is 0.271 e. The van der Waals surface area contributed by atoms with Crippen LogP contribution in [0.3, 0.4) is 0 Å². The van der Waals surface area contributed by atoms with E-state index in [-0.39, 0.29) is 24.0 Å². The van der Waals surface area contributed by atoms with E-state index >= 15 is 0 Å². The molecule has 1 saturated heterocycles. The topological polar surface area (TPSA) is 115 Å². The Bertz CT molecular complexity index is 895. The van der Waals surface area contributed by atoms with Gasteiger partial charge in [0.2, 0.25) is 10.0 Å². The second kappa shape index (κ2) is 5.50. The van der Waals surface area contributed by atoms with Crippen LogP contribution in [0.2, 0.25) is 0 Å². The van der Waals surface area contributed by atoms with Crippen LogP contribution in [0, 0.1) is 5.92 Å². The number of aromatic nitrogens is 3. The summed E-state index contributed by atoms with van der Waals surface area (Å²) in [6, 6.07) is 2.72. The maximum atomic E-state index is 12.6. The van der Waals surface area contributed by atoms with E-state index in [0.29, 0.717) is 17.9 Å². The van der Waals surface area contributed by atoms with Gasteiger partial charge >= 0.3 is 0 Å². The first-order chi connectivity index (χ1) is 11.4. The Morgan fingerprint density at radius 2 is 2.25 bits per heavy atom. The fraction of sp³-hybridized carbons (Fsp3) is 0.500. The van der Waals surface area contributed by atoms with Crippen molar-refractivity contribution in [3.63, 3.8) is 0 Å². The van der Waals surface area contributed by atoms with Crippen molar-refractivity contribution in [1.82, 2.24) is 24.6 Å². The third-order valence-corrected chi connectivity index (χ3v) is 5.24. The van der Waals surface area contributed by atoms with Crippen molar-refractivity contribution in [2.45, 2.75) is 24.6 Å². The number of nitrogens with one attached hydrogen (secondary N) is 2. The first kappa shape index (κ1) is 15.5. The highest BCUT2D eigenvalue weighted by Gasteiger charge is 2.55. The van der Waals surface area contributed by atoms with Gasteiger partial charge in [0.05, 0.1) is 30.6 Å². The zero-order valence-corrected chi connectivity index (χ0v) is 13.7. The van der Waals surface area contributed by atoms with Gasteiger partial charge in [0.1, 0.15) is 5.69 Å². The monoisotopic (exact) mass is 351 g/mol. The van der Waals surface area contributed by atoms with Gasteiger partial charge in [-0.3, -0.25) is 4.79 Å². The molecule has 9 nitrogen and oxygen atoms in total. The van der Waals surface area contributed by atoms with Crippen molar-refractivity contribution < 1.29 is 17.9 Å². The van der Waals surface area contributed by atoms with E-state index < -0.39 is 16.1 Å². The van der Waals surface area contributed by atoms with E-state index in [1.165, 1.54) is 10.7 Å². The van der Waals surface area contributed by atoms with Crippen molar-refractivity contribution in [2.75, 3.05) is 12.9 Å². The number of imidazole rings is 1. The number of amides is 1. The maximum absolute atomic E-state index is 12.6. The minimum Gasteiger partial charge on any atom is -0.376 e. The predicted octanol–water partition coefficient (Wildman–Crippen LogP) is -0.836. The highest BCUT2D eigenvalue weighted by Crippen LogP contribution is 2.39. The minimum absolute atomic E-state index is 0.111. The van der Waals surface area contributed by atoms with Gasteiger partial charge in [-0.15, -0.1) is 0 Å². The first-order valence-corrected chi connectivity index (χ1v) is 9.52. The van der Waals surface area contributed by atoms with Crippen molar-refractivity contribution >= 4 is 21.6 Å². The molecule has 0 spiro atoms. The summed E-state index contributed by atoms with van der Waals surface area (Å²) in [4.78, 5) is 16.7. The lowest BCUT2D eigenvalue weighted by Crippen LogP contribution is -2.70. The molecule has 1 aliphatic heterocycles. The quantitative estimate of drug-likeness (QED) is 0.743.